The molecule has 0 saturated carbocycles. The minimum Gasteiger partial charge on any atom is -0.375 e. The van der Waals surface area contributed by atoms with E-state index in [-0.39, 0.29) is 11.8 Å². The lowest BCUT2D eigenvalue weighted by molar-refractivity contribution is -0.125. The van der Waals surface area contributed by atoms with Gasteiger partial charge in [-0.1, -0.05) is 12.2 Å². The van der Waals surface area contributed by atoms with Gasteiger partial charge in [0.2, 0.25) is 5.91 Å². The Morgan fingerprint density at radius 3 is 2.81 bits per heavy atom. The van der Waals surface area contributed by atoms with Gasteiger partial charge in [0.25, 0.3) is 0 Å². The summed E-state index contributed by atoms with van der Waals surface area (Å²) >= 11 is 0. The molecular weight excluding hydrogens is 204 g/mol. The molecule has 0 aliphatic carbocycles. The molecule has 1 amide bonds. The fourth-order valence-electron chi connectivity index (χ4n) is 1.72. The fourth-order valence-corrected chi connectivity index (χ4v) is 1.72. The minimum absolute atomic E-state index is 0.167. The van der Waals surface area contributed by atoms with E-state index >= 15 is 0 Å². The molecular formula is C12H22N2O2. The molecule has 16 heavy (non-hydrogen) atoms. The van der Waals surface area contributed by atoms with Crippen LogP contribution in [-0.4, -0.2) is 38.8 Å². The molecule has 0 aromatic rings. The summed E-state index contributed by atoms with van der Waals surface area (Å²) in [6.45, 7) is 9.29. The molecule has 92 valence electrons. The highest BCUT2D eigenvalue weighted by molar-refractivity contribution is 5.78. The van der Waals surface area contributed by atoms with Gasteiger partial charge in [-0.2, -0.15) is 0 Å². The van der Waals surface area contributed by atoms with Crippen molar-refractivity contribution in [1.82, 2.24) is 10.6 Å². The van der Waals surface area contributed by atoms with Gasteiger partial charge in [-0.25, -0.2) is 0 Å². The maximum atomic E-state index is 11.7. The topological polar surface area (TPSA) is 50.4 Å². The summed E-state index contributed by atoms with van der Waals surface area (Å²) in [6, 6.07) is 0. The van der Waals surface area contributed by atoms with Gasteiger partial charge < -0.3 is 15.4 Å². The van der Waals surface area contributed by atoms with Crippen LogP contribution in [0.2, 0.25) is 0 Å². The van der Waals surface area contributed by atoms with Crippen LogP contribution in [0.25, 0.3) is 0 Å². The number of carbonyl (C=O) groups excluding carboxylic acids is 1. The minimum atomic E-state index is 0.167. The molecule has 0 bridgehead atoms. The number of hydrogen-bond acceptors (Lipinski definition) is 3. The lowest BCUT2D eigenvalue weighted by Gasteiger charge is -2.21. The van der Waals surface area contributed by atoms with E-state index in [1.165, 1.54) is 0 Å². The maximum absolute atomic E-state index is 11.7. The average molecular weight is 226 g/mol. The third-order valence-corrected chi connectivity index (χ3v) is 2.60. The Morgan fingerprint density at radius 2 is 2.19 bits per heavy atom. The van der Waals surface area contributed by atoms with Crippen LogP contribution in [0.1, 0.15) is 19.8 Å². The Labute approximate surface area is 97.4 Å². The van der Waals surface area contributed by atoms with E-state index in [0.29, 0.717) is 19.8 Å². The zero-order valence-corrected chi connectivity index (χ0v) is 10.1. The molecule has 1 heterocycles. The maximum Gasteiger partial charge on any atom is 0.223 e. The third kappa shape index (κ3) is 5.28. The molecule has 4 nitrogen and oxygen atoms in total. The Hall–Kier alpha value is -0.870. The predicted molar refractivity (Wildman–Crippen MR) is 64.2 cm³/mol. The molecule has 0 radical (unpaired) electrons. The highest BCUT2D eigenvalue weighted by Crippen LogP contribution is 2.10. The Balaban J connectivity index is 2.03. The fraction of sp³-hybridized carbons (Fsp3) is 0.750. The second-order valence-corrected chi connectivity index (χ2v) is 4.32. The summed E-state index contributed by atoms with van der Waals surface area (Å²) in [6.07, 6.45) is 1.89. The molecule has 1 aliphatic heterocycles. The average Bonchev–Trinajstić information content (AvgIpc) is 2.29. The molecule has 1 saturated heterocycles. The predicted octanol–water partition coefficient (Wildman–Crippen LogP) is 0.695. The largest absolute Gasteiger partial charge is 0.375 e. The van der Waals surface area contributed by atoms with Crippen molar-refractivity contribution in [2.45, 2.75) is 19.8 Å². The zero-order chi connectivity index (χ0) is 11.8. The first-order valence-electron chi connectivity index (χ1n) is 5.90. The monoisotopic (exact) mass is 226 g/mol. The van der Waals surface area contributed by atoms with E-state index in [1.54, 1.807) is 0 Å². The first-order valence-corrected chi connectivity index (χ1v) is 5.90. The summed E-state index contributed by atoms with van der Waals surface area (Å²) < 4.78 is 5.31. The molecule has 1 rings (SSSR count). The SMILES string of the molecule is C=C(C)COCCNC(=O)C1CCNCC1. The van der Waals surface area contributed by atoms with E-state index in [0.717, 1.165) is 31.5 Å². The second kappa shape index (κ2) is 7.41. The molecule has 0 aromatic carbocycles. The van der Waals surface area contributed by atoms with Crippen molar-refractivity contribution in [3.63, 3.8) is 0 Å². The van der Waals surface area contributed by atoms with Crippen molar-refractivity contribution >= 4 is 5.91 Å². The van der Waals surface area contributed by atoms with Crippen LogP contribution in [0.3, 0.4) is 0 Å². The second-order valence-electron chi connectivity index (χ2n) is 4.32. The summed E-state index contributed by atoms with van der Waals surface area (Å²) in [7, 11) is 0. The summed E-state index contributed by atoms with van der Waals surface area (Å²) in [5.41, 5.74) is 1.00. The zero-order valence-electron chi connectivity index (χ0n) is 10.1. The van der Waals surface area contributed by atoms with Gasteiger partial charge >= 0.3 is 0 Å². The van der Waals surface area contributed by atoms with E-state index in [9.17, 15) is 4.79 Å². The number of nitrogens with one attached hydrogen (secondary N) is 2. The smallest absolute Gasteiger partial charge is 0.223 e. The van der Waals surface area contributed by atoms with Crippen LogP contribution in [0, 0.1) is 5.92 Å². The van der Waals surface area contributed by atoms with Gasteiger partial charge in [-0.3, -0.25) is 4.79 Å². The van der Waals surface area contributed by atoms with Crippen molar-refractivity contribution < 1.29 is 9.53 Å². The highest BCUT2D eigenvalue weighted by Gasteiger charge is 2.19. The van der Waals surface area contributed by atoms with Gasteiger partial charge in [0.05, 0.1) is 13.2 Å². The van der Waals surface area contributed by atoms with Crippen molar-refractivity contribution in [1.29, 1.82) is 0 Å². The number of rotatable bonds is 6. The molecule has 1 fully saturated rings. The molecule has 2 N–H and O–H groups in total. The molecule has 0 spiro atoms. The van der Waals surface area contributed by atoms with Gasteiger partial charge in [-0.05, 0) is 32.9 Å². The van der Waals surface area contributed by atoms with Gasteiger partial charge in [0.15, 0.2) is 0 Å². The van der Waals surface area contributed by atoms with Crippen molar-refractivity contribution in [3.8, 4) is 0 Å². The number of piperidine rings is 1. The molecule has 4 heteroatoms. The van der Waals surface area contributed by atoms with Crippen LogP contribution < -0.4 is 10.6 Å². The summed E-state index contributed by atoms with van der Waals surface area (Å²) in [4.78, 5) is 11.7. The van der Waals surface area contributed by atoms with Crippen molar-refractivity contribution in [2.24, 2.45) is 5.92 Å². The quantitative estimate of drug-likeness (QED) is 0.517. The van der Waals surface area contributed by atoms with Crippen LogP contribution in [-0.2, 0) is 9.53 Å². The first kappa shape index (κ1) is 13.2. The van der Waals surface area contributed by atoms with E-state index in [4.69, 9.17) is 4.74 Å². The van der Waals surface area contributed by atoms with Gasteiger partial charge in [0, 0.05) is 12.5 Å². The lowest BCUT2D eigenvalue weighted by atomic mass is 9.97. The van der Waals surface area contributed by atoms with E-state index in [1.807, 2.05) is 6.92 Å². The Kier molecular flexibility index (Phi) is 6.11. The molecule has 0 unspecified atom stereocenters. The van der Waals surface area contributed by atoms with Crippen LogP contribution in [0.5, 0.6) is 0 Å². The van der Waals surface area contributed by atoms with E-state index < -0.39 is 0 Å². The standard InChI is InChI=1S/C12H22N2O2/c1-10(2)9-16-8-7-14-12(15)11-3-5-13-6-4-11/h11,13H,1,3-9H2,2H3,(H,14,15). The Morgan fingerprint density at radius 1 is 1.50 bits per heavy atom. The van der Waals surface area contributed by atoms with Gasteiger partial charge in [-0.15, -0.1) is 0 Å². The number of hydrogen-bond donors (Lipinski definition) is 2. The van der Waals surface area contributed by atoms with Crippen LogP contribution in [0.4, 0.5) is 0 Å². The first-order chi connectivity index (χ1) is 7.70. The van der Waals surface area contributed by atoms with Crippen molar-refractivity contribution in [2.75, 3.05) is 32.8 Å². The van der Waals surface area contributed by atoms with E-state index in [2.05, 4.69) is 17.2 Å². The molecule has 1 aliphatic rings. The Bertz CT molecular complexity index is 235. The number of ether oxygens (including phenoxy) is 1. The molecule has 0 aromatic heterocycles. The highest BCUT2D eigenvalue weighted by atomic mass is 16.5. The van der Waals surface area contributed by atoms with Crippen molar-refractivity contribution in [3.05, 3.63) is 12.2 Å². The summed E-state index contributed by atoms with van der Waals surface area (Å²) in [5.74, 6) is 0.350. The van der Waals surface area contributed by atoms with Crippen LogP contribution in [0.15, 0.2) is 12.2 Å². The summed E-state index contributed by atoms with van der Waals surface area (Å²) in [5, 5.41) is 6.15. The van der Waals surface area contributed by atoms with Crippen LogP contribution >= 0.6 is 0 Å². The lowest BCUT2D eigenvalue weighted by Crippen LogP contribution is -2.39. The normalized spacial score (nSPS) is 17.1. The number of amides is 1. The molecule has 0 atom stereocenters. The third-order valence-electron chi connectivity index (χ3n) is 2.60. The van der Waals surface area contributed by atoms with Gasteiger partial charge in [0.1, 0.15) is 0 Å². The number of carbonyl (C=O) groups is 1.